The standard InChI is InChI=1S/C35H30N4O4/c40-33(31-10-5-19-43-31)37-28-15-13-24(14-16-28)34(41)38-21-27-8-4-18-39(30(27)22-38)35(42)29-9-3-17-36-32(29)26-12-11-23-6-1-2-7-25(23)20-26/h1-3,5-7,9-17,19-20,27,30H,4,8,18,21-22H2,(H,37,40)/t27-,30+/m1/s1. The monoisotopic (exact) mass is 570 g/mol. The lowest BCUT2D eigenvalue weighted by molar-refractivity contribution is 0.0565. The average Bonchev–Trinajstić information content (AvgIpc) is 3.75. The lowest BCUT2D eigenvalue weighted by Crippen LogP contribution is -2.48. The molecule has 2 atom stereocenters. The number of carbonyl (C=O) groups excluding carboxylic acids is 3. The van der Waals surface area contributed by atoms with E-state index in [2.05, 4.69) is 34.6 Å². The summed E-state index contributed by atoms with van der Waals surface area (Å²) in [5, 5.41) is 5.01. The van der Waals surface area contributed by atoms with Crippen LogP contribution in [0.15, 0.2) is 108 Å². The Morgan fingerprint density at radius 2 is 1.67 bits per heavy atom. The van der Waals surface area contributed by atoms with Crippen LogP contribution < -0.4 is 5.32 Å². The van der Waals surface area contributed by atoms with Crippen LogP contribution in [-0.4, -0.2) is 58.2 Å². The molecule has 2 aliphatic heterocycles. The van der Waals surface area contributed by atoms with Crippen LogP contribution in [0.4, 0.5) is 5.69 Å². The van der Waals surface area contributed by atoms with Gasteiger partial charge in [-0.1, -0.05) is 36.4 Å². The van der Waals surface area contributed by atoms with Gasteiger partial charge in [-0.25, -0.2) is 0 Å². The summed E-state index contributed by atoms with van der Waals surface area (Å²) >= 11 is 0. The van der Waals surface area contributed by atoms with E-state index in [1.807, 2.05) is 40.1 Å². The van der Waals surface area contributed by atoms with Gasteiger partial charge in [-0.3, -0.25) is 19.4 Å². The molecule has 3 amide bonds. The van der Waals surface area contributed by atoms with E-state index in [4.69, 9.17) is 4.42 Å². The number of pyridine rings is 1. The van der Waals surface area contributed by atoms with E-state index in [0.717, 1.165) is 29.2 Å². The van der Waals surface area contributed by atoms with Crippen molar-refractivity contribution in [3.05, 3.63) is 120 Å². The molecule has 8 heteroatoms. The number of piperidine rings is 1. The van der Waals surface area contributed by atoms with Crippen LogP contribution >= 0.6 is 0 Å². The van der Waals surface area contributed by atoms with Gasteiger partial charge in [0.2, 0.25) is 0 Å². The molecule has 2 fully saturated rings. The second-order valence-electron chi connectivity index (χ2n) is 11.1. The zero-order valence-corrected chi connectivity index (χ0v) is 23.5. The summed E-state index contributed by atoms with van der Waals surface area (Å²) in [5.41, 5.74) is 3.27. The first-order valence-corrected chi connectivity index (χ1v) is 14.5. The number of likely N-dealkylation sites (tertiary alicyclic amines) is 2. The highest BCUT2D eigenvalue weighted by molar-refractivity contribution is 6.03. The number of carbonyl (C=O) groups is 3. The third-order valence-electron chi connectivity index (χ3n) is 8.52. The molecule has 8 nitrogen and oxygen atoms in total. The van der Waals surface area contributed by atoms with Crippen molar-refractivity contribution >= 4 is 34.2 Å². The molecule has 0 aliphatic carbocycles. The third-order valence-corrected chi connectivity index (χ3v) is 8.52. The first-order valence-electron chi connectivity index (χ1n) is 14.5. The summed E-state index contributed by atoms with van der Waals surface area (Å²) in [6.45, 7) is 1.74. The molecular formula is C35H30N4O4. The van der Waals surface area contributed by atoms with Crippen molar-refractivity contribution in [2.75, 3.05) is 25.0 Å². The zero-order valence-electron chi connectivity index (χ0n) is 23.5. The lowest BCUT2D eigenvalue weighted by atomic mass is 9.91. The third kappa shape index (κ3) is 5.16. The van der Waals surface area contributed by atoms with E-state index in [0.29, 0.717) is 42.1 Å². The topological polar surface area (TPSA) is 95.8 Å². The van der Waals surface area contributed by atoms with E-state index in [9.17, 15) is 14.4 Å². The number of rotatable bonds is 5. The smallest absolute Gasteiger partial charge is 0.291 e. The molecule has 0 saturated carbocycles. The van der Waals surface area contributed by atoms with Gasteiger partial charge < -0.3 is 19.5 Å². The predicted molar refractivity (Wildman–Crippen MR) is 164 cm³/mol. The van der Waals surface area contributed by atoms with Crippen LogP contribution in [0.2, 0.25) is 0 Å². The summed E-state index contributed by atoms with van der Waals surface area (Å²) in [4.78, 5) is 48.3. The Morgan fingerprint density at radius 3 is 2.49 bits per heavy atom. The molecule has 0 bridgehead atoms. The van der Waals surface area contributed by atoms with Crippen molar-refractivity contribution in [2.24, 2.45) is 5.92 Å². The number of nitrogens with one attached hydrogen (secondary N) is 1. The molecule has 3 aromatic carbocycles. The summed E-state index contributed by atoms with van der Waals surface area (Å²) in [7, 11) is 0. The van der Waals surface area contributed by atoms with Crippen molar-refractivity contribution in [3.8, 4) is 11.3 Å². The fourth-order valence-electron chi connectivity index (χ4n) is 6.38. The number of furan rings is 1. The van der Waals surface area contributed by atoms with Gasteiger partial charge in [-0.2, -0.15) is 0 Å². The minimum Gasteiger partial charge on any atom is -0.459 e. The maximum Gasteiger partial charge on any atom is 0.291 e. The predicted octanol–water partition coefficient (Wildman–Crippen LogP) is 6.12. The largest absolute Gasteiger partial charge is 0.459 e. The average molecular weight is 571 g/mol. The molecule has 214 valence electrons. The number of fused-ring (bicyclic) bond motifs is 2. The van der Waals surface area contributed by atoms with E-state index in [1.54, 1.807) is 42.6 Å². The molecule has 2 aromatic heterocycles. The Bertz CT molecular complexity index is 1820. The van der Waals surface area contributed by atoms with Gasteiger partial charge >= 0.3 is 0 Å². The van der Waals surface area contributed by atoms with Crippen LogP contribution in [0.25, 0.3) is 22.0 Å². The fraction of sp³-hybridized carbons (Fsp3) is 0.200. The maximum atomic E-state index is 14.1. The highest BCUT2D eigenvalue weighted by Gasteiger charge is 2.43. The SMILES string of the molecule is O=C(Nc1ccc(C(=O)N2C[C@H]3CCCN(C(=O)c4cccnc4-c4ccc5ccccc5c4)[C@H]3C2)cc1)c1ccco1. The molecular weight excluding hydrogens is 540 g/mol. The summed E-state index contributed by atoms with van der Waals surface area (Å²) in [5.74, 6) is -0.0421. The van der Waals surface area contributed by atoms with Crippen molar-refractivity contribution in [1.82, 2.24) is 14.8 Å². The summed E-state index contributed by atoms with van der Waals surface area (Å²) in [6.07, 6.45) is 5.04. The molecule has 0 spiro atoms. The van der Waals surface area contributed by atoms with E-state index in [1.165, 1.54) is 6.26 Å². The molecule has 7 rings (SSSR count). The second kappa shape index (κ2) is 11.2. The molecule has 2 aliphatic rings. The molecule has 2 saturated heterocycles. The zero-order chi connectivity index (χ0) is 29.3. The Hall–Kier alpha value is -5.24. The molecule has 1 N–H and O–H groups in total. The Balaban J connectivity index is 1.08. The normalized spacial score (nSPS) is 18.0. The van der Waals surface area contributed by atoms with Gasteiger partial charge in [0.25, 0.3) is 17.7 Å². The minimum atomic E-state index is -0.352. The highest BCUT2D eigenvalue weighted by atomic mass is 16.3. The van der Waals surface area contributed by atoms with Gasteiger partial charge in [-0.05, 0) is 84.1 Å². The van der Waals surface area contributed by atoms with Gasteiger partial charge in [0.1, 0.15) is 0 Å². The van der Waals surface area contributed by atoms with Gasteiger partial charge in [-0.15, -0.1) is 0 Å². The second-order valence-corrected chi connectivity index (χ2v) is 11.1. The fourth-order valence-corrected chi connectivity index (χ4v) is 6.38. The van der Waals surface area contributed by atoms with Gasteiger partial charge in [0.15, 0.2) is 5.76 Å². The number of hydrogen-bond donors (Lipinski definition) is 1. The first kappa shape index (κ1) is 26.6. The van der Waals surface area contributed by atoms with Crippen LogP contribution in [-0.2, 0) is 0 Å². The van der Waals surface area contributed by atoms with Crippen LogP contribution in [0.5, 0.6) is 0 Å². The van der Waals surface area contributed by atoms with E-state index >= 15 is 0 Å². The number of aromatic nitrogens is 1. The molecule has 4 heterocycles. The summed E-state index contributed by atoms with van der Waals surface area (Å²) in [6, 6.07) is 28.0. The molecule has 0 unspecified atom stereocenters. The van der Waals surface area contributed by atoms with Crippen molar-refractivity contribution < 1.29 is 18.8 Å². The van der Waals surface area contributed by atoms with Crippen molar-refractivity contribution in [1.29, 1.82) is 0 Å². The quantitative estimate of drug-likeness (QED) is 0.275. The van der Waals surface area contributed by atoms with Gasteiger partial charge in [0, 0.05) is 42.6 Å². The number of hydrogen-bond acceptors (Lipinski definition) is 5. The number of benzene rings is 3. The van der Waals surface area contributed by atoms with Crippen molar-refractivity contribution in [3.63, 3.8) is 0 Å². The van der Waals surface area contributed by atoms with Gasteiger partial charge in [0.05, 0.1) is 23.6 Å². The Labute approximate surface area is 248 Å². The Kier molecular flexibility index (Phi) is 6.95. The molecule has 5 aromatic rings. The van der Waals surface area contributed by atoms with Crippen LogP contribution in [0.3, 0.4) is 0 Å². The number of anilines is 1. The van der Waals surface area contributed by atoms with Crippen molar-refractivity contribution in [2.45, 2.75) is 18.9 Å². The first-order chi connectivity index (χ1) is 21.0. The number of nitrogens with zero attached hydrogens (tertiary/aromatic N) is 3. The van der Waals surface area contributed by atoms with Crippen LogP contribution in [0, 0.1) is 5.92 Å². The number of amides is 3. The maximum absolute atomic E-state index is 14.1. The minimum absolute atomic E-state index is 0.0445. The lowest BCUT2D eigenvalue weighted by Gasteiger charge is -2.37. The van der Waals surface area contributed by atoms with E-state index in [-0.39, 0.29) is 35.4 Å². The molecule has 0 radical (unpaired) electrons. The van der Waals surface area contributed by atoms with E-state index < -0.39 is 0 Å². The molecule has 43 heavy (non-hydrogen) atoms. The Morgan fingerprint density at radius 1 is 0.837 bits per heavy atom. The summed E-state index contributed by atoms with van der Waals surface area (Å²) < 4.78 is 5.14. The highest BCUT2D eigenvalue weighted by Crippen LogP contribution is 2.34. The van der Waals surface area contributed by atoms with Crippen LogP contribution in [0.1, 0.15) is 44.1 Å².